The van der Waals surface area contributed by atoms with Crippen molar-refractivity contribution in [1.82, 2.24) is 5.32 Å². The van der Waals surface area contributed by atoms with E-state index in [-0.39, 0.29) is 12.3 Å². The van der Waals surface area contributed by atoms with E-state index in [0.29, 0.717) is 0 Å². The molecule has 0 aliphatic heterocycles. The van der Waals surface area contributed by atoms with Gasteiger partial charge in [0.1, 0.15) is 5.54 Å². The Hall–Kier alpha value is -2.87. The van der Waals surface area contributed by atoms with Crippen LogP contribution in [0.1, 0.15) is 26.3 Å². The number of carbonyl (C=O) groups excluding carboxylic acids is 2. The summed E-state index contributed by atoms with van der Waals surface area (Å²) in [5.74, 6) is -1.02. The molecule has 0 radical (unpaired) electrons. The van der Waals surface area contributed by atoms with Gasteiger partial charge in [-0.15, -0.1) is 0 Å². The van der Waals surface area contributed by atoms with Crippen LogP contribution in [-0.4, -0.2) is 24.0 Å². The normalized spacial score (nSPS) is 13.1. The molecule has 2 aromatic carbocycles. The van der Waals surface area contributed by atoms with Crippen LogP contribution in [0.15, 0.2) is 42.5 Å². The lowest BCUT2D eigenvalue weighted by atomic mass is 9.90. The Kier molecular flexibility index (Phi) is 5.76. The fourth-order valence-corrected chi connectivity index (χ4v) is 2.34. The molecule has 0 aromatic heterocycles. The first-order valence-electron chi connectivity index (χ1n) is 8.19. The maximum Gasteiger partial charge on any atom is 0.310 e. The third-order valence-corrected chi connectivity index (χ3v) is 4.31. The van der Waals surface area contributed by atoms with Crippen molar-refractivity contribution in [2.24, 2.45) is 5.92 Å². The summed E-state index contributed by atoms with van der Waals surface area (Å²) in [5.41, 5.74) is -0.157. The Bertz CT molecular complexity index is 823. The van der Waals surface area contributed by atoms with Gasteiger partial charge in [0.2, 0.25) is 0 Å². The van der Waals surface area contributed by atoms with Crippen molar-refractivity contribution in [3.05, 3.63) is 48.0 Å². The molecule has 5 nitrogen and oxygen atoms in total. The van der Waals surface area contributed by atoms with Gasteiger partial charge in [0.15, 0.2) is 6.61 Å². The molecule has 2 aromatic rings. The maximum atomic E-state index is 12.0. The van der Waals surface area contributed by atoms with Crippen LogP contribution in [-0.2, 0) is 20.7 Å². The van der Waals surface area contributed by atoms with E-state index in [4.69, 9.17) is 4.74 Å². The van der Waals surface area contributed by atoms with Gasteiger partial charge >= 0.3 is 5.97 Å². The van der Waals surface area contributed by atoms with Crippen LogP contribution in [0.3, 0.4) is 0 Å². The number of benzene rings is 2. The summed E-state index contributed by atoms with van der Waals surface area (Å²) < 4.78 is 5.03. The Balaban J connectivity index is 1.89. The minimum atomic E-state index is -0.984. The second-order valence-corrected chi connectivity index (χ2v) is 6.54. The molecule has 0 heterocycles. The van der Waals surface area contributed by atoms with E-state index in [2.05, 4.69) is 11.4 Å². The molecule has 25 heavy (non-hydrogen) atoms. The highest BCUT2D eigenvalue weighted by atomic mass is 16.5. The lowest BCUT2D eigenvalue weighted by molar-refractivity contribution is -0.148. The highest BCUT2D eigenvalue weighted by molar-refractivity contribution is 5.85. The molecule has 1 amide bonds. The van der Waals surface area contributed by atoms with E-state index in [1.54, 1.807) is 6.92 Å². The lowest BCUT2D eigenvalue weighted by Crippen LogP contribution is -2.50. The topological polar surface area (TPSA) is 79.2 Å². The largest absolute Gasteiger partial charge is 0.455 e. The quantitative estimate of drug-likeness (QED) is 0.821. The number of rotatable bonds is 6. The minimum absolute atomic E-state index is 0.0604. The van der Waals surface area contributed by atoms with Gasteiger partial charge in [-0.25, -0.2) is 0 Å². The summed E-state index contributed by atoms with van der Waals surface area (Å²) in [6.07, 6.45) is 0.0951. The van der Waals surface area contributed by atoms with Gasteiger partial charge in [0.25, 0.3) is 5.91 Å². The van der Waals surface area contributed by atoms with E-state index in [0.717, 1.165) is 16.3 Å². The number of carbonyl (C=O) groups is 2. The molecule has 0 unspecified atom stereocenters. The van der Waals surface area contributed by atoms with Crippen molar-refractivity contribution >= 4 is 22.6 Å². The summed E-state index contributed by atoms with van der Waals surface area (Å²) in [6, 6.07) is 15.7. The summed E-state index contributed by atoms with van der Waals surface area (Å²) in [6.45, 7) is 4.94. The van der Waals surface area contributed by atoms with Gasteiger partial charge in [-0.05, 0) is 29.2 Å². The van der Waals surface area contributed by atoms with Crippen molar-refractivity contribution in [2.75, 3.05) is 6.61 Å². The van der Waals surface area contributed by atoms with Crippen molar-refractivity contribution in [1.29, 1.82) is 5.26 Å². The van der Waals surface area contributed by atoms with Gasteiger partial charge in [-0.1, -0.05) is 56.3 Å². The molecule has 0 bridgehead atoms. The van der Waals surface area contributed by atoms with E-state index in [1.807, 2.05) is 56.3 Å². The van der Waals surface area contributed by atoms with E-state index < -0.39 is 24.0 Å². The van der Waals surface area contributed by atoms with Gasteiger partial charge in [0.05, 0.1) is 12.5 Å². The van der Waals surface area contributed by atoms with Crippen LogP contribution in [0.2, 0.25) is 0 Å². The fraction of sp³-hybridized carbons (Fsp3) is 0.350. The van der Waals surface area contributed by atoms with Crippen LogP contribution in [0.4, 0.5) is 0 Å². The number of nitriles is 1. The van der Waals surface area contributed by atoms with Crippen LogP contribution in [0, 0.1) is 17.2 Å². The van der Waals surface area contributed by atoms with Gasteiger partial charge in [-0.3, -0.25) is 9.59 Å². The van der Waals surface area contributed by atoms with Crippen LogP contribution in [0.25, 0.3) is 10.8 Å². The molecule has 0 saturated heterocycles. The molecule has 5 heteroatoms. The Labute approximate surface area is 147 Å². The molecule has 0 aliphatic carbocycles. The van der Waals surface area contributed by atoms with Gasteiger partial charge in [0, 0.05) is 0 Å². The van der Waals surface area contributed by atoms with Gasteiger partial charge in [-0.2, -0.15) is 5.26 Å². The van der Waals surface area contributed by atoms with E-state index in [9.17, 15) is 14.9 Å². The highest BCUT2D eigenvalue weighted by Gasteiger charge is 2.30. The maximum absolute atomic E-state index is 12.0. The molecule has 130 valence electrons. The average Bonchev–Trinajstić information content (AvgIpc) is 2.59. The summed E-state index contributed by atoms with van der Waals surface area (Å²) in [5, 5.41) is 13.9. The Morgan fingerprint density at radius 2 is 1.88 bits per heavy atom. The molecule has 1 atom stereocenters. The summed E-state index contributed by atoms with van der Waals surface area (Å²) in [4.78, 5) is 23.9. The lowest BCUT2D eigenvalue weighted by Gasteiger charge is -2.27. The third-order valence-electron chi connectivity index (χ3n) is 4.31. The zero-order valence-corrected chi connectivity index (χ0v) is 14.7. The second kappa shape index (κ2) is 7.80. The number of nitrogens with one attached hydrogen (secondary N) is 1. The second-order valence-electron chi connectivity index (χ2n) is 6.54. The van der Waals surface area contributed by atoms with Gasteiger partial charge < -0.3 is 10.1 Å². The zero-order valence-electron chi connectivity index (χ0n) is 14.7. The molecule has 0 fully saturated rings. The molecular formula is C20H22N2O3. The minimum Gasteiger partial charge on any atom is -0.455 e. The van der Waals surface area contributed by atoms with Crippen LogP contribution < -0.4 is 5.32 Å². The van der Waals surface area contributed by atoms with Crippen LogP contribution >= 0.6 is 0 Å². The van der Waals surface area contributed by atoms with Crippen molar-refractivity contribution in [2.45, 2.75) is 32.7 Å². The molecule has 2 rings (SSSR count). The van der Waals surface area contributed by atoms with Crippen molar-refractivity contribution < 1.29 is 14.3 Å². The van der Waals surface area contributed by atoms with Crippen molar-refractivity contribution in [3.8, 4) is 6.07 Å². The fourth-order valence-electron chi connectivity index (χ4n) is 2.34. The first-order chi connectivity index (χ1) is 11.8. The smallest absolute Gasteiger partial charge is 0.310 e. The first-order valence-corrected chi connectivity index (χ1v) is 8.19. The monoisotopic (exact) mass is 338 g/mol. The number of hydrogen-bond donors (Lipinski definition) is 1. The molecule has 0 aliphatic rings. The average molecular weight is 338 g/mol. The molecule has 0 saturated carbocycles. The van der Waals surface area contributed by atoms with E-state index >= 15 is 0 Å². The third kappa shape index (κ3) is 4.80. The number of hydrogen-bond acceptors (Lipinski definition) is 4. The number of nitrogens with zero attached hydrogens (tertiary/aromatic N) is 1. The van der Waals surface area contributed by atoms with Crippen molar-refractivity contribution in [3.63, 3.8) is 0 Å². The Morgan fingerprint density at radius 1 is 1.20 bits per heavy atom. The standard InChI is InChI=1S/C20H22N2O3/c1-14(2)20(3,13-21)22-18(23)12-25-19(24)11-15-8-9-16-6-4-5-7-17(16)10-15/h4-10,14H,11-12H2,1-3H3,(H,22,23)/t20-/m1/s1. The number of ether oxygens (including phenoxy) is 1. The SMILES string of the molecule is CC(C)[C@@](C)(C#N)NC(=O)COC(=O)Cc1ccc2ccccc2c1. The highest BCUT2D eigenvalue weighted by Crippen LogP contribution is 2.16. The first kappa shape index (κ1) is 18.5. The molecular weight excluding hydrogens is 316 g/mol. The predicted octanol–water partition coefficient (Wildman–Crippen LogP) is 2.98. The van der Waals surface area contributed by atoms with Crippen LogP contribution in [0.5, 0.6) is 0 Å². The number of esters is 1. The van der Waals surface area contributed by atoms with E-state index in [1.165, 1.54) is 0 Å². The molecule has 1 N–H and O–H groups in total. The Morgan fingerprint density at radius 3 is 2.52 bits per heavy atom. The predicted molar refractivity (Wildman–Crippen MR) is 95.6 cm³/mol. The molecule has 0 spiro atoms. The zero-order chi connectivity index (χ0) is 18.4. The summed E-state index contributed by atoms with van der Waals surface area (Å²) >= 11 is 0. The number of amides is 1. The summed E-state index contributed by atoms with van der Waals surface area (Å²) in [7, 11) is 0. The number of fused-ring (bicyclic) bond motifs is 1.